The van der Waals surface area contributed by atoms with E-state index in [4.69, 9.17) is 0 Å². The van der Waals surface area contributed by atoms with Gasteiger partial charge in [-0.1, -0.05) is 30.3 Å². The van der Waals surface area contributed by atoms with Gasteiger partial charge >= 0.3 is 0 Å². The van der Waals surface area contributed by atoms with E-state index in [1.54, 1.807) is 30.6 Å². The Balaban J connectivity index is 2.24. The molecule has 1 unspecified atom stereocenters. The maximum atomic E-state index is 11.7. The van der Waals surface area contributed by atoms with Gasteiger partial charge in [0.1, 0.15) is 0 Å². The zero-order chi connectivity index (χ0) is 12.7. The van der Waals surface area contributed by atoms with Crippen LogP contribution >= 0.6 is 11.8 Å². The van der Waals surface area contributed by atoms with Gasteiger partial charge in [0, 0.05) is 19.3 Å². The number of rotatable bonds is 6. The van der Waals surface area contributed by atoms with Gasteiger partial charge in [0.2, 0.25) is 5.91 Å². The Morgan fingerprint density at radius 1 is 1.41 bits per heavy atom. The number of hydrogen-bond donors (Lipinski definition) is 1. The zero-order valence-electron chi connectivity index (χ0n) is 10.3. The lowest BCUT2D eigenvalue weighted by molar-refractivity contribution is -0.128. The fourth-order valence-corrected chi connectivity index (χ4v) is 2.36. The number of benzene rings is 1. The molecule has 1 amide bonds. The number of aliphatic hydroxyl groups excluding tert-OH is 1. The molecular weight excluding hydrogens is 234 g/mol. The monoisotopic (exact) mass is 253 g/mol. The van der Waals surface area contributed by atoms with E-state index in [0.29, 0.717) is 12.3 Å². The minimum absolute atomic E-state index is 0.0619. The summed E-state index contributed by atoms with van der Waals surface area (Å²) in [6.07, 6.45) is -0.469. The summed E-state index contributed by atoms with van der Waals surface area (Å²) in [4.78, 5) is 13.2. The van der Waals surface area contributed by atoms with E-state index < -0.39 is 6.10 Å². The van der Waals surface area contributed by atoms with Crippen molar-refractivity contribution in [3.05, 3.63) is 35.9 Å². The highest BCUT2D eigenvalue weighted by Crippen LogP contribution is 2.12. The number of hydrogen-bond acceptors (Lipinski definition) is 3. The van der Waals surface area contributed by atoms with Crippen LogP contribution in [0.1, 0.15) is 12.5 Å². The maximum absolute atomic E-state index is 11.7. The van der Waals surface area contributed by atoms with Crippen LogP contribution in [0.2, 0.25) is 0 Å². The Hall–Kier alpha value is -1.00. The van der Waals surface area contributed by atoms with E-state index in [0.717, 1.165) is 5.75 Å². The van der Waals surface area contributed by atoms with Crippen LogP contribution in [-0.4, -0.2) is 41.4 Å². The van der Waals surface area contributed by atoms with Crippen molar-refractivity contribution < 1.29 is 9.90 Å². The standard InChI is InChI=1S/C13H19NO2S/c1-11(15)8-14(2)13(16)10-17-9-12-6-4-3-5-7-12/h3-7,11,15H,8-10H2,1-2H3. The summed E-state index contributed by atoms with van der Waals surface area (Å²) in [5.41, 5.74) is 1.23. The molecular formula is C13H19NO2S. The molecule has 17 heavy (non-hydrogen) atoms. The second-order valence-electron chi connectivity index (χ2n) is 4.10. The summed E-state index contributed by atoms with van der Waals surface area (Å²) in [7, 11) is 1.72. The average Bonchev–Trinajstić information content (AvgIpc) is 2.29. The molecule has 0 heterocycles. The summed E-state index contributed by atoms with van der Waals surface area (Å²) < 4.78 is 0. The maximum Gasteiger partial charge on any atom is 0.232 e. The number of carbonyl (C=O) groups is 1. The van der Waals surface area contributed by atoms with Gasteiger partial charge in [0.05, 0.1) is 11.9 Å². The number of amides is 1. The highest BCUT2D eigenvalue weighted by Gasteiger charge is 2.10. The van der Waals surface area contributed by atoms with E-state index in [2.05, 4.69) is 12.1 Å². The van der Waals surface area contributed by atoms with Crippen LogP contribution in [-0.2, 0) is 10.5 Å². The Labute approximate surface area is 107 Å². The van der Waals surface area contributed by atoms with Crippen LogP contribution < -0.4 is 0 Å². The van der Waals surface area contributed by atoms with E-state index in [9.17, 15) is 9.90 Å². The predicted molar refractivity (Wildman–Crippen MR) is 71.9 cm³/mol. The normalized spacial score (nSPS) is 12.2. The molecule has 3 nitrogen and oxygen atoms in total. The average molecular weight is 253 g/mol. The molecule has 0 saturated heterocycles. The molecule has 0 aromatic heterocycles. The number of nitrogens with zero attached hydrogens (tertiary/aromatic N) is 1. The van der Waals surface area contributed by atoms with Gasteiger partial charge in [-0.2, -0.15) is 0 Å². The van der Waals surface area contributed by atoms with Crippen LogP contribution in [0.15, 0.2) is 30.3 Å². The van der Waals surface area contributed by atoms with Crippen molar-refractivity contribution in [1.82, 2.24) is 4.90 Å². The first kappa shape index (κ1) is 14.1. The second-order valence-corrected chi connectivity index (χ2v) is 5.09. The molecule has 1 N–H and O–H groups in total. The largest absolute Gasteiger partial charge is 0.392 e. The Kier molecular flexibility index (Phi) is 6.08. The van der Waals surface area contributed by atoms with Crippen molar-refractivity contribution in [1.29, 1.82) is 0 Å². The molecule has 0 saturated carbocycles. The van der Waals surface area contributed by atoms with E-state index >= 15 is 0 Å². The third kappa shape index (κ3) is 5.75. The zero-order valence-corrected chi connectivity index (χ0v) is 11.1. The van der Waals surface area contributed by atoms with Crippen molar-refractivity contribution >= 4 is 17.7 Å². The summed E-state index contributed by atoms with van der Waals surface area (Å²) >= 11 is 1.60. The topological polar surface area (TPSA) is 40.5 Å². The molecule has 94 valence electrons. The molecule has 1 atom stereocenters. The predicted octanol–water partition coefficient (Wildman–Crippen LogP) is 1.76. The number of aliphatic hydroxyl groups is 1. The number of likely N-dealkylation sites (N-methyl/N-ethyl adjacent to an activating group) is 1. The quantitative estimate of drug-likeness (QED) is 0.840. The van der Waals surface area contributed by atoms with Crippen molar-refractivity contribution in [2.45, 2.75) is 18.8 Å². The molecule has 0 spiro atoms. The summed E-state index contributed by atoms with van der Waals surface area (Å²) in [5.74, 6) is 1.36. The molecule has 0 aliphatic rings. The Morgan fingerprint density at radius 2 is 2.06 bits per heavy atom. The van der Waals surface area contributed by atoms with Crippen molar-refractivity contribution in [2.24, 2.45) is 0 Å². The van der Waals surface area contributed by atoms with Crippen LogP contribution in [0.3, 0.4) is 0 Å². The SMILES string of the molecule is CC(O)CN(C)C(=O)CSCc1ccccc1. The molecule has 1 rings (SSSR count). The minimum Gasteiger partial charge on any atom is -0.392 e. The molecule has 0 aliphatic heterocycles. The Morgan fingerprint density at radius 3 is 2.65 bits per heavy atom. The van der Waals surface area contributed by atoms with Gasteiger partial charge in [-0.3, -0.25) is 4.79 Å². The third-order valence-corrected chi connectivity index (χ3v) is 3.29. The summed E-state index contributed by atoms with van der Waals surface area (Å²) in [5, 5.41) is 9.17. The van der Waals surface area contributed by atoms with Gasteiger partial charge in [0.15, 0.2) is 0 Å². The fourth-order valence-electron chi connectivity index (χ4n) is 1.44. The second kappa shape index (κ2) is 7.35. The van der Waals surface area contributed by atoms with Crippen LogP contribution in [0.4, 0.5) is 0 Å². The fraction of sp³-hybridized carbons (Fsp3) is 0.462. The van der Waals surface area contributed by atoms with Gasteiger partial charge in [-0.05, 0) is 12.5 Å². The third-order valence-electron chi connectivity index (χ3n) is 2.30. The van der Waals surface area contributed by atoms with Crippen molar-refractivity contribution in [3.63, 3.8) is 0 Å². The van der Waals surface area contributed by atoms with E-state index in [1.165, 1.54) is 5.56 Å². The van der Waals surface area contributed by atoms with Crippen molar-refractivity contribution in [2.75, 3.05) is 19.3 Å². The first-order valence-corrected chi connectivity index (χ1v) is 6.78. The number of carbonyl (C=O) groups excluding carboxylic acids is 1. The van der Waals surface area contributed by atoms with Gasteiger partial charge in [-0.25, -0.2) is 0 Å². The molecule has 4 heteroatoms. The van der Waals surface area contributed by atoms with Crippen molar-refractivity contribution in [3.8, 4) is 0 Å². The minimum atomic E-state index is -0.469. The van der Waals surface area contributed by atoms with Crippen LogP contribution in [0, 0.1) is 0 Å². The Bertz CT molecular complexity index is 341. The molecule has 1 aromatic rings. The first-order valence-electron chi connectivity index (χ1n) is 5.63. The lowest BCUT2D eigenvalue weighted by Crippen LogP contribution is -2.34. The molecule has 0 radical (unpaired) electrons. The molecule has 0 aliphatic carbocycles. The first-order chi connectivity index (χ1) is 8.09. The lowest BCUT2D eigenvalue weighted by Gasteiger charge is -2.18. The summed E-state index contributed by atoms with van der Waals surface area (Å²) in [6.45, 7) is 2.08. The van der Waals surface area contributed by atoms with E-state index in [-0.39, 0.29) is 5.91 Å². The number of thioether (sulfide) groups is 1. The van der Waals surface area contributed by atoms with E-state index in [1.807, 2.05) is 18.2 Å². The molecule has 1 aromatic carbocycles. The summed E-state index contributed by atoms with van der Waals surface area (Å²) in [6, 6.07) is 10.1. The van der Waals surface area contributed by atoms with Crippen LogP contribution in [0.25, 0.3) is 0 Å². The molecule has 0 bridgehead atoms. The van der Waals surface area contributed by atoms with Gasteiger partial charge < -0.3 is 10.0 Å². The smallest absolute Gasteiger partial charge is 0.232 e. The lowest BCUT2D eigenvalue weighted by atomic mass is 10.2. The van der Waals surface area contributed by atoms with Crippen LogP contribution in [0.5, 0.6) is 0 Å². The highest BCUT2D eigenvalue weighted by molar-refractivity contribution is 7.99. The molecule has 0 fully saturated rings. The highest BCUT2D eigenvalue weighted by atomic mass is 32.2. The van der Waals surface area contributed by atoms with Gasteiger partial charge in [-0.15, -0.1) is 11.8 Å². The van der Waals surface area contributed by atoms with Gasteiger partial charge in [0.25, 0.3) is 0 Å².